The number of nitrogens with one attached hydrogen (secondary N) is 1. The van der Waals surface area contributed by atoms with Crippen LogP contribution in [0.3, 0.4) is 0 Å². The highest BCUT2D eigenvalue weighted by atomic mass is 16.5. The first kappa shape index (κ1) is 24.1. The fraction of sp³-hybridized carbons (Fsp3) is 0.560. The number of ether oxygens (including phenoxy) is 2. The van der Waals surface area contributed by atoms with Crippen LogP contribution in [-0.4, -0.2) is 41.6 Å². The minimum Gasteiger partial charge on any atom is -0.493 e. The summed E-state index contributed by atoms with van der Waals surface area (Å²) in [7, 11) is 1.59. The summed E-state index contributed by atoms with van der Waals surface area (Å²) in [5, 5.41) is 3.77. The van der Waals surface area contributed by atoms with Gasteiger partial charge in [-0.2, -0.15) is 0 Å². The number of amides is 1. The van der Waals surface area contributed by atoms with Crippen molar-refractivity contribution < 1.29 is 18.7 Å². The third-order valence-electron chi connectivity index (χ3n) is 5.82. The number of carbonyl (C=O) groups is 1. The molecule has 176 valence electrons. The summed E-state index contributed by atoms with van der Waals surface area (Å²) in [6.07, 6.45) is 2.07. The minimum atomic E-state index is -0.521. The van der Waals surface area contributed by atoms with Crippen LogP contribution in [0.5, 0.6) is 11.5 Å². The number of nitrogens with zero attached hydrogens (tertiary/aromatic N) is 1. The molecule has 0 spiro atoms. The first-order valence-electron chi connectivity index (χ1n) is 11.1. The maximum atomic E-state index is 11.1. The molecule has 0 aliphatic carbocycles. The molecule has 7 heteroatoms. The molecule has 0 atom stereocenters. The molecular formula is C25H37N3O4. The molecule has 0 saturated carbocycles. The van der Waals surface area contributed by atoms with E-state index in [9.17, 15) is 4.79 Å². The summed E-state index contributed by atoms with van der Waals surface area (Å²) < 4.78 is 16.9. The van der Waals surface area contributed by atoms with E-state index in [4.69, 9.17) is 19.6 Å². The van der Waals surface area contributed by atoms with E-state index in [0.717, 1.165) is 43.0 Å². The number of hydrogen-bond donors (Lipinski definition) is 2. The number of carbonyl (C=O) groups excluding carboxylic acids is 1. The third-order valence-corrected chi connectivity index (χ3v) is 5.82. The van der Waals surface area contributed by atoms with Crippen LogP contribution in [0.15, 0.2) is 34.7 Å². The molecule has 1 aliphatic heterocycles. The van der Waals surface area contributed by atoms with Gasteiger partial charge in [-0.05, 0) is 77.3 Å². The molecule has 0 unspecified atom stereocenters. The fourth-order valence-corrected chi connectivity index (χ4v) is 4.92. The van der Waals surface area contributed by atoms with Crippen LogP contribution in [0.2, 0.25) is 0 Å². The molecule has 3 rings (SSSR count). The lowest BCUT2D eigenvalue weighted by molar-refractivity contribution is -0.119. The van der Waals surface area contributed by atoms with Gasteiger partial charge < -0.3 is 24.9 Å². The number of primary amides is 1. The third kappa shape index (κ3) is 6.50. The van der Waals surface area contributed by atoms with Crippen molar-refractivity contribution in [2.24, 2.45) is 5.73 Å². The molecule has 1 aromatic heterocycles. The number of furan rings is 1. The molecule has 3 N–H and O–H groups in total. The maximum absolute atomic E-state index is 11.1. The molecule has 0 bridgehead atoms. The van der Waals surface area contributed by atoms with Crippen molar-refractivity contribution in [2.45, 2.75) is 77.7 Å². The Balaban J connectivity index is 1.86. The molecule has 2 aromatic rings. The van der Waals surface area contributed by atoms with Crippen LogP contribution < -0.4 is 20.5 Å². The van der Waals surface area contributed by atoms with E-state index < -0.39 is 5.91 Å². The number of hydrogen-bond acceptors (Lipinski definition) is 6. The zero-order chi connectivity index (χ0) is 23.5. The van der Waals surface area contributed by atoms with Gasteiger partial charge in [0.2, 0.25) is 0 Å². The number of methoxy groups -OCH3 is 1. The Kier molecular flexibility index (Phi) is 7.20. The second-order valence-electron chi connectivity index (χ2n) is 10.1. The number of benzene rings is 1. The smallest absolute Gasteiger partial charge is 0.255 e. The molecule has 32 heavy (non-hydrogen) atoms. The highest BCUT2D eigenvalue weighted by Gasteiger charge is 2.40. The second-order valence-corrected chi connectivity index (χ2v) is 10.1. The summed E-state index contributed by atoms with van der Waals surface area (Å²) in [5.74, 6) is 2.46. The summed E-state index contributed by atoms with van der Waals surface area (Å²) in [5.41, 5.74) is 6.38. The van der Waals surface area contributed by atoms with E-state index in [0.29, 0.717) is 17.5 Å². The average molecular weight is 444 g/mol. The van der Waals surface area contributed by atoms with Crippen molar-refractivity contribution in [3.63, 3.8) is 0 Å². The van der Waals surface area contributed by atoms with Gasteiger partial charge in [0, 0.05) is 23.7 Å². The monoisotopic (exact) mass is 443 g/mol. The van der Waals surface area contributed by atoms with Gasteiger partial charge in [0.1, 0.15) is 11.5 Å². The van der Waals surface area contributed by atoms with E-state index >= 15 is 0 Å². The van der Waals surface area contributed by atoms with Crippen molar-refractivity contribution >= 4 is 5.91 Å². The van der Waals surface area contributed by atoms with Crippen LogP contribution in [0, 0.1) is 6.92 Å². The van der Waals surface area contributed by atoms with Crippen LogP contribution in [-0.2, 0) is 17.9 Å². The molecule has 7 nitrogen and oxygen atoms in total. The number of nitrogens with two attached hydrogens (primary N) is 1. The predicted octanol–water partition coefficient (Wildman–Crippen LogP) is 3.77. The van der Waals surface area contributed by atoms with Crippen LogP contribution in [0.25, 0.3) is 0 Å². The first-order valence-corrected chi connectivity index (χ1v) is 11.1. The van der Waals surface area contributed by atoms with Gasteiger partial charge in [0.25, 0.3) is 5.91 Å². The zero-order valence-corrected chi connectivity index (χ0v) is 20.2. The van der Waals surface area contributed by atoms with Crippen molar-refractivity contribution in [3.05, 3.63) is 47.4 Å². The van der Waals surface area contributed by atoms with Gasteiger partial charge in [-0.1, -0.05) is 6.07 Å². The Morgan fingerprint density at radius 1 is 1.12 bits per heavy atom. The van der Waals surface area contributed by atoms with Gasteiger partial charge in [-0.15, -0.1) is 0 Å². The summed E-state index contributed by atoms with van der Waals surface area (Å²) in [4.78, 5) is 13.6. The summed E-state index contributed by atoms with van der Waals surface area (Å²) in [6, 6.07) is 10.3. The van der Waals surface area contributed by atoms with Gasteiger partial charge >= 0.3 is 0 Å². The molecule has 0 radical (unpaired) electrons. The summed E-state index contributed by atoms with van der Waals surface area (Å²) >= 11 is 0. The Morgan fingerprint density at radius 3 is 2.38 bits per heavy atom. The molecular weight excluding hydrogens is 406 g/mol. The Labute approximate surface area is 191 Å². The quantitative estimate of drug-likeness (QED) is 0.613. The fourth-order valence-electron chi connectivity index (χ4n) is 4.92. The van der Waals surface area contributed by atoms with Crippen molar-refractivity contribution in [3.8, 4) is 11.5 Å². The molecule has 1 saturated heterocycles. The van der Waals surface area contributed by atoms with E-state index in [1.807, 2.05) is 31.2 Å². The van der Waals surface area contributed by atoms with Gasteiger partial charge in [0.05, 0.1) is 13.7 Å². The first-order chi connectivity index (χ1) is 15.0. The highest BCUT2D eigenvalue weighted by Crippen LogP contribution is 2.34. The lowest BCUT2D eigenvalue weighted by Crippen LogP contribution is -2.62. The lowest BCUT2D eigenvalue weighted by Gasteiger charge is -2.49. The van der Waals surface area contributed by atoms with Gasteiger partial charge in [-0.3, -0.25) is 9.69 Å². The van der Waals surface area contributed by atoms with Crippen molar-refractivity contribution in [2.75, 3.05) is 13.7 Å². The largest absolute Gasteiger partial charge is 0.493 e. The molecule has 1 amide bonds. The number of piperidine rings is 1. The zero-order valence-electron chi connectivity index (χ0n) is 20.2. The van der Waals surface area contributed by atoms with E-state index in [-0.39, 0.29) is 17.7 Å². The Morgan fingerprint density at radius 2 is 1.81 bits per heavy atom. The molecule has 1 fully saturated rings. The standard InChI is InChI=1S/C25H37N3O4/c1-17-7-9-20(32-17)15-28(19-12-24(2,3)27-25(4,5)13-19)14-18-8-10-21(22(11-18)30-6)31-16-23(26)29/h7-11,19,27H,12-16H2,1-6H3,(H2,26,29). The second kappa shape index (κ2) is 9.55. The lowest BCUT2D eigenvalue weighted by atomic mass is 9.79. The summed E-state index contributed by atoms with van der Waals surface area (Å²) in [6.45, 7) is 12.3. The van der Waals surface area contributed by atoms with Crippen molar-refractivity contribution in [1.82, 2.24) is 10.2 Å². The molecule has 1 aliphatic rings. The highest BCUT2D eigenvalue weighted by molar-refractivity contribution is 5.75. The van der Waals surface area contributed by atoms with Crippen LogP contribution in [0.4, 0.5) is 0 Å². The van der Waals surface area contributed by atoms with E-state index in [1.54, 1.807) is 7.11 Å². The molecule has 2 heterocycles. The Bertz CT molecular complexity index is 919. The van der Waals surface area contributed by atoms with E-state index in [2.05, 4.69) is 44.0 Å². The Hall–Kier alpha value is -2.51. The van der Waals surface area contributed by atoms with Gasteiger partial charge in [-0.25, -0.2) is 0 Å². The SMILES string of the molecule is COc1cc(CN(Cc2ccc(C)o2)C2CC(C)(C)NC(C)(C)C2)ccc1OCC(N)=O. The van der Waals surface area contributed by atoms with E-state index in [1.165, 1.54) is 0 Å². The normalized spacial score (nSPS) is 18.0. The topological polar surface area (TPSA) is 90.0 Å². The minimum absolute atomic E-state index is 0.0356. The maximum Gasteiger partial charge on any atom is 0.255 e. The van der Waals surface area contributed by atoms with Crippen LogP contribution in [0.1, 0.15) is 57.6 Å². The van der Waals surface area contributed by atoms with Crippen molar-refractivity contribution in [1.29, 1.82) is 0 Å². The average Bonchev–Trinajstić information content (AvgIpc) is 3.08. The van der Waals surface area contributed by atoms with Gasteiger partial charge in [0.15, 0.2) is 18.1 Å². The number of aryl methyl sites for hydroxylation is 1. The molecule has 1 aromatic carbocycles. The van der Waals surface area contributed by atoms with Crippen LogP contribution >= 0.6 is 0 Å². The predicted molar refractivity (Wildman–Crippen MR) is 125 cm³/mol. The number of rotatable bonds is 9.